The fourth-order valence-corrected chi connectivity index (χ4v) is 6.11. The predicted octanol–water partition coefficient (Wildman–Crippen LogP) is 9.94. The summed E-state index contributed by atoms with van der Waals surface area (Å²) in [6.07, 6.45) is 12.3. The van der Waals surface area contributed by atoms with Crippen LogP contribution in [0.15, 0.2) is 49.1 Å². The number of hydrogen-bond acceptors (Lipinski definition) is 0. The van der Waals surface area contributed by atoms with E-state index >= 15 is 0 Å². The Kier molecular flexibility index (Phi) is 9.49. The minimum Gasteiger partial charge on any atom is -0.103 e. The molecule has 0 bridgehead atoms. The van der Waals surface area contributed by atoms with Crippen LogP contribution < -0.4 is 0 Å². The Morgan fingerprint density at radius 2 is 1.17 bits per heavy atom. The molecule has 0 heterocycles. The monoisotopic (exact) mass is 400 g/mol. The second kappa shape index (κ2) is 9.84. The summed E-state index contributed by atoms with van der Waals surface area (Å²) in [5.74, 6) is 0. The molecular weight excluding hydrogens is 348 g/mol. The first-order valence-electron chi connectivity index (χ1n) is 11.4. The van der Waals surface area contributed by atoms with Crippen molar-refractivity contribution in [2.24, 2.45) is 27.1 Å². The van der Waals surface area contributed by atoms with Crippen LogP contribution in [0.1, 0.15) is 108 Å². The van der Waals surface area contributed by atoms with E-state index in [4.69, 9.17) is 0 Å². The van der Waals surface area contributed by atoms with Crippen molar-refractivity contribution in [2.45, 2.75) is 108 Å². The molecule has 0 saturated heterocycles. The van der Waals surface area contributed by atoms with Crippen LogP contribution in [-0.4, -0.2) is 0 Å². The molecule has 0 spiro atoms. The molecule has 0 saturated carbocycles. The summed E-state index contributed by atoms with van der Waals surface area (Å²) in [7, 11) is 0. The lowest BCUT2D eigenvalue weighted by atomic mass is 9.62. The van der Waals surface area contributed by atoms with Crippen molar-refractivity contribution < 1.29 is 0 Å². The van der Waals surface area contributed by atoms with Gasteiger partial charge in [-0.05, 0) is 73.0 Å². The molecule has 0 N–H and O–H groups in total. The standard InChI is InChI=1S/C29H52/c1-15-28(13,19-24(5)18-26(9,10)17-23(3)4)22-29(14,16-2)21-27(11,12)20-25(6,7)8/h15-16,18H,1-3,17,19-22H2,4-14H3/b24-18+. The van der Waals surface area contributed by atoms with E-state index in [9.17, 15) is 0 Å². The minimum atomic E-state index is 0.0562. The highest BCUT2D eigenvalue weighted by atomic mass is 14.4. The van der Waals surface area contributed by atoms with Crippen molar-refractivity contribution in [3.63, 3.8) is 0 Å². The van der Waals surface area contributed by atoms with Crippen molar-refractivity contribution >= 4 is 0 Å². The third-order valence-corrected chi connectivity index (χ3v) is 5.76. The van der Waals surface area contributed by atoms with E-state index in [-0.39, 0.29) is 21.7 Å². The van der Waals surface area contributed by atoms with Gasteiger partial charge in [0.05, 0.1) is 0 Å². The first-order chi connectivity index (χ1) is 12.8. The van der Waals surface area contributed by atoms with Gasteiger partial charge in [-0.15, -0.1) is 19.7 Å². The van der Waals surface area contributed by atoms with Crippen LogP contribution in [0.4, 0.5) is 0 Å². The van der Waals surface area contributed by atoms with Gasteiger partial charge < -0.3 is 0 Å². The third kappa shape index (κ3) is 11.7. The van der Waals surface area contributed by atoms with Gasteiger partial charge in [-0.3, -0.25) is 0 Å². The van der Waals surface area contributed by atoms with Gasteiger partial charge in [-0.25, -0.2) is 0 Å². The molecule has 0 nitrogen and oxygen atoms in total. The van der Waals surface area contributed by atoms with Gasteiger partial charge in [0.15, 0.2) is 0 Å². The van der Waals surface area contributed by atoms with Crippen molar-refractivity contribution in [1.29, 1.82) is 0 Å². The quantitative estimate of drug-likeness (QED) is 0.286. The topological polar surface area (TPSA) is 0 Å². The second-order valence-electron chi connectivity index (χ2n) is 13.3. The molecule has 0 radical (unpaired) electrons. The average Bonchev–Trinajstić information content (AvgIpc) is 2.40. The van der Waals surface area contributed by atoms with E-state index in [1.165, 1.54) is 17.6 Å². The lowest BCUT2D eigenvalue weighted by Gasteiger charge is -2.43. The number of rotatable bonds is 12. The molecule has 0 fully saturated rings. The van der Waals surface area contributed by atoms with Gasteiger partial charge in [0.1, 0.15) is 0 Å². The summed E-state index contributed by atoms with van der Waals surface area (Å²) in [6.45, 7) is 38.2. The molecule has 0 aliphatic heterocycles. The Bertz CT molecular complexity index is 604. The van der Waals surface area contributed by atoms with Gasteiger partial charge in [0.25, 0.3) is 0 Å². The zero-order valence-electron chi connectivity index (χ0n) is 21.9. The van der Waals surface area contributed by atoms with E-state index in [0.717, 1.165) is 25.7 Å². The molecule has 0 aliphatic carbocycles. The molecule has 0 aromatic rings. The Morgan fingerprint density at radius 3 is 1.55 bits per heavy atom. The van der Waals surface area contributed by atoms with Gasteiger partial charge in [-0.1, -0.05) is 91.7 Å². The molecule has 0 heteroatoms. The molecule has 29 heavy (non-hydrogen) atoms. The Morgan fingerprint density at radius 1 is 0.690 bits per heavy atom. The fourth-order valence-electron chi connectivity index (χ4n) is 6.11. The highest BCUT2D eigenvalue weighted by Gasteiger charge is 2.37. The van der Waals surface area contributed by atoms with Crippen molar-refractivity contribution in [2.75, 3.05) is 0 Å². The molecule has 168 valence electrons. The lowest BCUT2D eigenvalue weighted by Crippen LogP contribution is -2.32. The van der Waals surface area contributed by atoms with E-state index in [2.05, 4.69) is 114 Å². The van der Waals surface area contributed by atoms with Crippen molar-refractivity contribution in [3.05, 3.63) is 49.1 Å². The third-order valence-electron chi connectivity index (χ3n) is 5.76. The van der Waals surface area contributed by atoms with Crippen LogP contribution >= 0.6 is 0 Å². The number of allylic oxidation sites excluding steroid dienone is 5. The molecule has 0 aliphatic rings. The predicted molar refractivity (Wildman–Crippen MR) is 135 cm³/mol. The van der Waals surface area contributed by atoms with Crippen LogP contribution in [0, 0.1) is 27.1 Å². The average molecular weight is 401 g/mol. The maximum absolute atomic E-state index is 4.24. The molecular formula is C29H52. The van der Waals surface area contributed by atoms with E-state index in [0.29, 0.717) is 5.41 Å². The Hall–Kier alpha value is -1.04. The van der Waals surface area contributed by atoms with E-state index < -0.39 is 0 Å². The zero-order valence-corrected chi connectivity index (χ0v) is 21.9. The SMILES string of the molecule is C=CC(C)(C/C(C)=C/C(C)(C)CC(=C)C)CC(C)(C=C)CC(C)(C)CC(C)(C)C. The van der Waals surface area contributed by atoms with Crippen molar-refractivity contribution in [3.8, 4) is 0 Å². The van der Waals surface area contributed by atoms with E-state index in [1.54, 1.807) is 0 Å². The van der Waals surface area contributed by atoms with Gasteiger partial charge in [0, 0.05) is 0 Å². The zero-order chi connectivity index (χ0) is 23.3. The second-order valence-corrected chi connectivity index (χ2v) is 13.3. The lowest BCUT2D eigenvalue weighted by molar-refractivity contribution is 0.121. The molecule has 0 aromatic carbocycles. The maximum Gasteiger partial charge on any atom is -0.0104 e. The van der Waals surface area contributed by atoms with Gasteiger partial charge in [-0.2, -0.15) is 0 Å². The van der Waals surface area contributed by atoms with Crippen LogP contribution in [0.3, 0.4) is 0 Å². The van der Waals surface area contributed by atoms with Crippen LogP contribution in [0.25, 0.3) is 0 Å². The molecule has 2 atom stereocenters. The summed E-state index contributed by atoms with van der Waals surface area (Å²) in [4.78, 5) is 0. The molecule has 0 amide bonds. The smallest absolute Gasteiger partial charge is 0.0104 e. The first-order valence-corrected chi connectivity index (χ1v) is 11.4. The molecule has 0 rings (SSSR count). The number of hydrogen-bond donors (Lipinski definition) is 0. The summed E-state index contributed by atoms with van der Waals surface area (Å²) in [5, 5.41) is 0. The van der Waals surface area contributed by atoms with Gasteiger partial charge >= 0.3 is 0 Å². The summed E-state index contributed by atoms with van der Waals surface area (Å²) >= 11 is 0. The van der Waals surface area contributed by atoms with Gasteiger partial charge in [0.2, 0.25) is 0 Å². The summed E-state index contributed by atoms with van der Waals surface area (Å²) < 4.78 is 0. The minimum absolute atomic E-state index is 0.0562. The normalized spacial score (nSPS) is 18.0. The van der Waals surface area contributed by atoms with Crippen LogP contribution in [-0.2, 0) is 0 Å². The highest BCUT2D eigenvalue weighted by molar-refractivity contribution is 5.14. The fraction of sp³-hybridized carbons (Fsp3) is 0.724. The largest absolute Gasteiger partial charge is 0.103 e. The highest BCUT2D eigenvalue weighted by Crippen LogP contribution is 2.49. The van der Waals surface area contributed by atoms with Crippen LogP contribution in [0.5, 0.6) is 0 Å². The Balaban J connectivity index is 5.53. The summed E-state index contributed by atoms with van der Waals surface area (Å²) in [5.41, 5.74) is 3.59. The van der Waals surface area contributed by atoms with E-state index in [1.807, 2.05) is 0 Å². The van der Waals surface area contributed by atoms with Crippen molar-refractivity contribution in [1.82, 2.24) is 0 Å². The molecule has 2 unspecified atom stereocenters. The Labute approximate surface area is 184 Å². The van der Waals surface area contributed by atoms with Crippen LogP contribution in [0.2, 0.25) is 0 Å². The maximum atomic E-state index is 4.24. The first kappa shape index (κ1) is 28.0. The molecule has 0 aromatic heterocycles. The summed E-state index contributed by atoms with van der Waals surface area (Å²) in [6, 6.07) is 0.